The number of likely N-dealkylation sites (tertiary alicyclic amines) is 1. The van der Waals surface area contributed by atoms with E-state index < -0.39 is 29.7 Å². The van der Waals surface area contributed by atoms with E-state index in [1.54, 1.807) is 37.9 Å². The minimum Gasteiger partial charge on any atom is -0.467 e. The summed E-state index contributed by atoms with van der Waals surface area (Å²) in [5.41, 5.74) is -0.182. The van der Waals surface area contributed by atoms with Crippen LogP contribution >= 0.6 is 0 Å². The number of ether oxygens (including phenoxy) is 2. The first-order valence-electron chi connectivity index (χ1n) is 16.9. The zero-order chi connectivity index (χ0) is 36.8. The first kappa shape index (κ1) is 39.4. The van der Waals surface area contributed by atoms with E-state index in [0.29, 0.717) is 68.1 Å². The van der Waals surface area contributed by atoms with Gasteiger partial charge in [0.15, 0.2) is 5.65 Å². The zero-order valence-corrected chi connectivity index (χ0v) is 29.9. The summed E-state index contributed by atoms with van der Waals surface area (Å²) >= 11 is 0. The molecule has 1 fully saturated rings. The van der Waals surface area contributed by atoms with Crippen LogP contribution in [0.25, 0.3) is 11.0 Å². The number of aromatic nitrogens is 3. The van der Waals surface area contributed by atoms with Crippen LogP contribution in [0.4, 0.5) is 15.4 Å². The molecule has 3 rings (SSSR count). The number of rotatable bonds is 14. The molecule has 1 aliphatic rings. The number of nitrogens with zero attached hydrogens (tertiary/aromatic N) is 6. The summed E-state index contributed by atoms with van der Waals surface area (Å²) in [5.74, 6) is -0.0988. The van der Waals surface area contributed by atoms with Gasteiger partial charge in [0.1, 0.15) is 23.4 Å². The topological polar surface area (TPSA) is 201 Å². The van der Waals surface area contributed by atoms with E-state index in [2.05, 4.69) is 32.8 Å². The fraction of sp³-hybridized carbons (Fsp3) is 0.618. The molecule has 0 aliphatic carbocycles. The van der Waals surface area contributed by atoms with Crippen LogP contribution in [0.5, 0.6) is 0 Å². The average Bonchev–Trinajstić information content (AvgIpc) is 3.50. The van der Waals surface area contributed by atoms with Crippen molar-refractivity contribution in [3.05, 3.63) is 18.6 Å². The van der Waals surface area contributed by atoms with Crippen molar-refractivity contribution in [2.75, 3.05) is 40.3 Å². The molecule has 3 atom stereocenters. The minimum atomic E-state index is -0.828. The molecule has 16 nitrogen and oxygen atoms in total. The molecule has 4 amide bonds. The van der Waals surface area contributed by atoms with E-state index in [4.69, 9.17) is 14.7 Å². The third kappa shape index (κ3) is 11.8. The minimum absolute atomic E-state index is 0.0556. The van der Waals surface area contributed by atoms with Gasteiger partial charge >= 0.3 is 23.9 Å². The second kappa shape index (κ2) is 18.6. The number of alkyl carbamates (subject to hydrolysis) is 1. The van der Waals surface area contributed by atoms with Gasteiger partial charge in [0.2, 0.25) is 18.1 Å². The van der Waals surface area contributed by atoms with Gasteiger partial charge in [-0.15, -0.1) is 0 Å². The molecule has 1 saturated heterocycles. The molecule has 0 radical (unpaired) electrons. The third-order valence-corrected chi connectivity index (χ3v) is 8.29. The van der Waals surface area contributed by atoms with Crippen LogP contribution in [0.3, 0.4) is 0 Å². The van der Waals surface area contributed by atoms with E-state index in [-0.39, 0.29) is 37.1 Å². The molecule has 3 heterocycles. The van der Waals surface area contributed by atoms with Gasteiger partial charge in [0.25, 0.3) is 0 Å². The van der Waals surface area contributed by atoms with Crippen LogP contribution < -0.4 is 16.0 Å². The average molecular weight is 697 g/mol. The van der Waals surface area contributed by atoms with Crippen LogP contribution in [0.2, 0.25) is 0 Å². The standard InChI is InChI=1S/C34H49N9O7/c1-23-13-18-42(28(45)12-15-35)21-24(23)20-41(5)29-25-14-19-43(30(25)39-22-38-29)32(47)36-17-9-11-27(44)40-26(31(46)49-6)10-7-8-16-37-33(48)50-34(2,3)4/h14,19-20,22-24,26H,7-13,16-18,21H2,1-6H3,(H2-,36,37,40,44,47,48)/p+1/t23-,24?,26+/m1/s1. The van der Waals surface area contributed by atoms with E-state index in [1.165, 1.54) is 18.0 Å². The summed E-state index contributed by atoms with van der Waals surface area (Å²) in [7, 11) is 3.12. The van der Waals surface area contributed by atoms with Gasteiger partial charge in [-0.2, -0.15) is 10.2 Å². The summed E-state index contributed by atoms with van der Waals surface area (Å²) in [6, 6.07) is 2.44. The molecule has 0 spiro atoms. The maximum absolute atomic E-state index is 13.1. The molecule has 3 N–H and O–H groups in total. The number of nitrogens with one attached hydrogen (secondary N) is 3. The van der Waals surface area contributed by atoms with Crippen molar-refractivity contribution in [2.24, 2.45) is 11.8 Å². The Hall–Kier alpha value is -5.07. The van der Waals surface area contributed by atoms with Crippen molar-refractivity contribution >= 4 is 53.0 Å². The van der Waals surface area contributed by atoms with Gasteiger partial charge in [0, 0.05) is 44.7 Å². The SMILES string of the molecule is COC(=O)[C@H](CCCCNC(=O)OC(C)(C)C)NC(=O)CCCNC(=O)n1ccc2c([N+](C)=CC3CN(C(=O)CC#N)CC[C@H]3C)ncnc21. The summed E-state index contributed by atoms with van der Waals surface area (Å²) in [4.78, 5) is 72.5. The van der Waals surface area contributed by atoms with Crippen LogP contribution in [0.1, 0.15) is 72.6 Å². The number of hydrogen-bond donors (Lipinski definition) is 3. The fourth-order valence-corrected chi connectivity index (χ4v) is 5.61. The number of carbonyl (C=O) groups excluding carboxylic acids is 5. The summed E-state index contributed by atoms with van der Waals surface area (Å²) < 4.78 is 13.3. The normalized spacial score (nSPS) is 17.0. The summed E-state index contributed by atoms with van der Waals surface area (Å²) in [6.45, 7) is 9.17. The Morgan fingerprint density at radius 3 is 2.58 bits per heavy atom. The molecular formula is C34H50N9O7+. The summed E-state index contributed by atoms with van der Waals surface area (Å²) in [6.07, 6.45) is 7.06. The third-order valence-electron chi connectivity index (χ3n) is 8.29. The number of nitriles is 1. The van der Waals surface area contributed by atoms with Crippen LogP contribution in [0.15, 0.2) is 18.6 Å². The van der Waals surface area contributed by atoms with Crippen molar-refractivity contribution in [1.82, 2.24) is 35.4 Å². The van der Waals surface area contributed by atoms with Gasteiger partial charge in [-0.25, -0.2) is 19.0 Å². The molecular weight excluding hydrogens is 646 g/mol. The highest BCUT2D eigenvalue weighted by Gasteiger charge is 2.30. The van der Waals surface area contributed by atoms with Crippen molar-refractivity contribution in [1.29, 1.82) is 5.26 Å². The largest absolute Gasteiger partial charge is 0.467 e. The van der Waals surface area contributed by atoms with Gasteiger partial charge in [-0.1, -0.05) is 6.92 Å². The smallest absolute Gasteiger partial charge is 0.407 e. The monoisotopic (exact) mass is 696 g/mol. The highest BCUT2D eigenvalue weighted by atomic mass is 16.6. The number of hydrogen-bond acceptors (Lipinski definition) is 10. The lowest BCUT2D eigenvalue weighted by atomic mass is 9.87. The lowest BCUT2D eigenvalue weighted by Gasteiger charge is -2.34. The highest BCUT2D eigenvalue weighted by Crippen LogP contribution is 2.25. The molecule has 0 saturated carbocycles. The summed E-state index contributed by atoms with van der Waals surface area (Å²) in [5, 5.41) is 17.8. The molecule has 2 aromatic rings. The molecule has 2 aromatic heterocycles. The molecule has 50 heavy (non-hydrogen) atoms. The first-order chi connectivity index (χ1) is 23.7. The molecule has 1 aliphatic heterocycles. The Balaban J connectivity index is 1.50. The van der Waals surface area contributed by atoms with Crippen molar-refractivity contribution < 1.29 is 38.0 Å². The predicted molar refractivity (Wildman–Crippen MR) is 184 cm³/mol. The molecule has 16 heteroatoms. The predicted octanol–water partition coefficient (Wildman–Crippen LogP) is 2.86. The lowest BCUT2D eigenvalue weighted by molar-refractivity contribution is -0.405. The van der Waals surface area contributed by atoms with Gasteiger partial charge in [0.05, 0.1) is 26.4 Å². The van der Waals surface area contributed by atoms with Gasteiger partial charge < -0.3 is 30.3 Å². The van der Waals surface area contributed by atoms with E-state index in [9.17, 15) is 24.0 Å². The molecule has 272 valence electrons. The number of carbonyl (C=O) groups is 5. The maximum atomic E-state index is 13.1. The quantitative estimate of drug-likeness (QED) is 0.114. The maximum Gasteiger partial charge on any atom is 0.407 e. The van der Waals surface area contributed by atoms with Crippen LogP contribution in [0, 0.1) is 23.2 Å². The number of methoxy groups -OCH3 is 1. The number of fused-ring (bicyclic) bond motifs is 1. The van der Waals surface area contributed by atoms with Gasteiger partial charge in [-0.05, 0) is 69.8 Å². The Kier molecular flexibility index (Phi) is 14.7. The van der Waals surface area contributed by atoms with Crippen LogP contribution in [-0.2, 0) is 23.9 Å². The number of unbranched alkanes of at least 4 members (excludes halogenated alkanes) is 1. The lowest BCUT2D eigenvalue weighted by Crippen LogP contribution is -2.44. The Bertz CT molecular complexity index is 1590. The Morgan fingerprint density at radius 1 is 1.14 bits per heavy atom. The number of esters is 1. The molecule has 0 aromatic carbocycles. The second-order valence-electron chi connectivity index (χ2n) is 13.4. The fourth-order valence-electron chi connectivity index (χ4n) is 5.61. The second-order valence-corrected chi connectivity index (χ2v) is 13.4. The molecule has 0 bridgehead atoms. The Labute approximate surface area is 292 Å². The highest BCUT2D eigenvalue weighted by molar-refractivity contribution is 5.93. The zero-order valence-electron chi connectivity index (χ0n) is 29.9. The number of piperidine rings is 1. The Morgan fingerprint density at radius 2 is 1.88 bits per heavy atom. The van der Waals surface area contributed by atoms with Crippen molar-refractivity contribution in [3.63, 3.8) is 0 Å². The first-order valence-corrected chi connectivity index (χ1v) is 16.9. The van der Waals surface area contributed by atoms with Crippen molar-refractivity contribution in [2.45, 2.75) is 84.3 Å². The van der Waals surface area contributed by atoms with E-state index in [1.807, 2.05) is 23.9 Å². The molecule has 1 unspecified atom stereocenters. The van der Waals surface area contributed by atoms with Gasteiger partial charge in [-0.3, -0.25) is 14.2 Å². The van der Waals surface area contributed by atoms with Crippen molar-refractivity contribution in [3.8, 4) is 6.07 Å². The number of amides is 4. The van der Waals surface area contributed by atoms with E-state index >= 15 is 0 Å². The van der Waals surface area contributed by atoms with E-state index in [0.717, 1.165) is 6.42 Å². The van der Waals surface area contributed by atoms with Crippen LogP contribution in [-0.4, -0.2) is 112 Å².